The first kappa shape index (κ1) is 20.3. The van der Waals surface area contributed by atoms with Gasteiger partial charge in [-0.25, -0.2) is 0 Å². The summed E-state index contributed by atoms with van der Waals surface area (Å²) < 4.78 is 42.7. The summed E-state index contributed by atoms with van der Waals surface area (Å²) in [5.41, 5.74) is 0. The average Bonchev–Trinajstić information content (AvgIpc) is 1.99. The fourth-order valence-corrected chi connectivity index (χ4v) is 30.6. The first-order valence-corrected chi connectivity index (χ1v) is 22.7. The number of hydrogen-bond donors (Lipinski definition) is 1. The monoisotopic (exact) mass is 432 g/mol. The highest BCUT2D eigenvalue weighted by molar-refractivity contribution is 6.96. The van der Waals surface area contributed by atoms with Crippen molar-refractivity contribution >= 4 is 52.1 Å². The first-order chi connectivity index (χ1) is 9.95. The lowest BCUT2D eigenvalue weighted by Crippen LogP contribution is -2.76. The van der Waals surface area contributed by atoms with Crippen LogP contribution in [-0.2, 0) is 28.8 Å². The van der Waals surface area contributed by atoms with Gasteiger partial charge < -0.3 is 33.6 Å². The van der Waals surface area contributed by atoms with E-state index < -0.39 is 52.1 Å². The van der Waals surface area contributed by atoms with Gasteiger partial charge in [0.1, 0.15) is 0 Å². The molecule has 23 heavy (non-hydrogen) atoms. The van der Waals surface area contributed by atoms with E-state index in [1.165, 1.54) is 0 Å². The van der Waals surface area contributed by atoms with Gasteiger partial charge >= 0.3 is 52.1 Å². The Hall–Kier alpha value is 0.981. The lowest BCUT2D eigenvalue weighted by molar-refractivity contribution is 0.0586. The molecule has 2 rings (SSSR count). The second-order valence-electron chi connectivity index (χ2n) is 7.71. The van der Waals surface area contributed by atoms with Crippen molar-refractivity contribution in [3.63, 3.8) is 0 Å². The third-order valence-electron chi connectivity index (χ3n) is 2.85. The van der Waals surface area contributed by atoms with Gasteiger partial charge in [-0.1, -0.05) is 0 Å². The van der Waals surface area contributed by atoms with Crippen molar-refractivity contribution in [3.05, 3.63) is 0 Å². The maximum Gasteiger partial charge on any atom is 0.643 e. The minimum Gasteiger partial charge on any atom is -0.416 e. The SMILES string of the molecule is C[Si]1(C)O[Si](C)(C)O[Si]2(O1)O[Si](C)(C)O[Si](C)(O)O[Si](C)(C)O2. The quantitative estimate of drug-likeness (QED) is 0.581. The average molecular weight is 433 g/mol. The molecule has 0 atom stereocenters. The largest absolute Gasteiger partial charge is 0.643 e. The van der Waals surface area contributed by atoms with Crippen molar-refractivity contribution < 1.29 is 33.6 Å². The molecule has 0 saturated carbocycles. The molecule has 0 unspecified atom stereocenters. The van der Waals surface area contributed by atoms with Crippen LogP contribution in [0.2, 0.25) is 58.9 Å². The first-order valence-electron chi connectivity index (χ1n) is 7.58. The molecule has 0 aromatic rings. The summed E-state index contributed by atoms with van der Waals surface area (Å²) in [5.74, 6) is 0. The Bertz CT molecular complexity index is 441. The zero-order chi connectivity index (χ0) is 17.9. The minimum absolute atomic E-state index is 1.59. The smallest absolute Gasteiger partial charge is 0.416 e. The Morgan fingerprint density at radius 2 is 0.696 bits per heavy atom. The number of rotatable bonds is 0. The summed E-state index contributed by atoms with van der Waals surface area (Å²) in [4.78, 5) is 10.5. The van der Waals surface area contributed by atoms with Crippen molar-refractivity contribution in [3.8, 4) is 0 Å². The van der Waals surface area contributed by atoms with E-state index in [0.29, 0.717) is 0 Å². The Balaban J connectivity index is 2.43. The fraction of sp³-hybridized carbons (Fsp3) is 1.00. The molecule has 2 aliphatic rings. The summed E-state index contributed by atoms with van der Waals surface area (Å²) in [6.07, 6.45) is 0. The van der Waals surface area contributed by atoms with Gasteiger partial charge in [0.15, 0.2) is 0 Å². The molecule has 2 heterocycles. The van der Waals surface area contributed by atoms with Gasteiger partial charge in [-0.3, -0.25) is 0 Å². The van der Waals surface area contributed by atoms with E-state index in [2.05, 4.69) is 0 Å². The second-order valence-corrected chi connectivity index (χ2v) is 27.4. The zero-order valence-electron chi connectivity index (χ0n) is 15.3. The maximum absolute atomic E-state index is 10.5. The van der Waals surface area contributed by atoms with Crippen LogP contribution in [0, 0.1) is 0 Å². The summed E-state index contributed by atoms with van der Waals surface area (Å²) >= 11 is 0. The highest BCUT2D eigenvalue weighted by Gasteiger charge is 2.67. The van der Waals surface area contributed by atoms with Crippen molar-refractivity contribution in [2.75, 3.05) is 0 Å². The molecule has 0 aromatic carbocycles. The van der Waals surface area contributed by atoms with Gasteiger partial charge in [0.25, 0.3) is 0 Å². The molecule has 1 spiro atoms. The van der Waals surface area contributed by atoms with Crippen LogP contribution in [-0.4, -0.2) is 56.9 Å². The Kier molecular flexibility index (Phi) is 5.07. The van der Waals surface area contributed by atoms with Gasteiger partial charge in [0.2, 0.25) is 0 Å². The van der Waals surface area contributed by atoms with E-state index in [9.17, 15) is 4.80 Å². The lowest BCUT2D eigenvalue weighted by Gasteiger charge is -2.52. The minimum atomic E-state index is -3.47. The molecule has 0 bridgehead atoms. The maximum atomic E-state index is 10.5. The summed E-state index contributed by atoms with van der Waals surface area (Å²) in [7, 11) is -17.2. The van der Waals surface area contributed by atoms with Crippen LogP contribution in [0.5, 0.6) is 0 Å². The van der Waals surface area contributed by atoms with Crippen LogP contribution < -0.4 is 0 Å². The molecule has 14 heteroatoms. The molecule has 1 N–H and O–H groups in total. The van der Waals surface area contributed by atoms with Crippen LogP contribution in [0.25, 0.3) is 0 Å². The van der Waals surface area contributed by atoms with Crippen LogP contribution >= 0.6 is 0 Å². The van der Waals surface area contributed by atoms with Gasteiger partial charge in [-0.2, -0.15) is 0 Å². The molecule has 136 valence electrons. The molecule has 0 amide bonds. The normalized spacial score (nSPS) is 33.7. The van der Waals surface area contributed by atoms with E-state index in [1.54, 1.807) is 6.55 Å². The Labute approximate surface area is 144 Å². The van der Waals surface area contributed by atoms with Crippen LogP contribution in [0.15, 0.2) is 0 Å². The van der Waals surface area contributed by atoms with E-state index >= 15 is 0 Å². The van der Waals surface area contributed by atoms with Crippen molar-refractivity contribution in [1.82, 2.24) is 0 Å². The third kappa shape index (κ3) is 5.48. The third-order valence-corrected chi connectivity index (χ3v) is 25.6. The highest BCUT2D eigenvalue weighted by Crippen LogP contribution is 2.38. The fourth-order valence-electron chi connectivity index (χ4n) is 2.94. The zero-order valence-corrected chi connectivity index (χ0v) is 21.3. The molecule has 0 aliphatic carbocycles. The van der Waals surface area contributed by atoms with Crippen molar-refractivity contribution in [2.45, 2.75) is 58.9 Å². The van der Waals surface area contributed by atoms with E-state index in [4.69, 9.17) is 28.8 Å². The molecule has 0 radical (unpaired) electrons. The summed E-state index contributed by atoms with van der Waals surface area (Å²) in [5, 5.41) is 0. The van der Waals surface area contributed by atoms with Gasteiger partial charge in [-0.15, -0.1) is 0 Å². The summed E-state index contributed by atoms with van der Waals surface area (Å²) in [6.45, 7) is 16.8. The predicted octanol–water partition coefficient (Wildman–Crippen LogP) is 1.93. The van der Waals surface area contributed by atoms with Crippen LogP contribution in [0.3, 0.4) is 0 Å². The van der Waals surface area contributed by atoms with Gasteiger partial charge in [-0.05, 0) is 52.4 Å². The highest BCUT2D eigenvalue weighted by atomic mass is 28.6. The molecular weight excluding hydrogens is 405 g/mol. The standard InChI is InChI=1S/C9H28O8Si6/c1-18(2)11-19(3,4)15-23(14-18)16-20(5,6)12-22(9,10)13-21(7,8)17-23/h10H,1-9H3. The molecule has 8 nitrogen and oxygen atoms in total. The van der Waals surface area contributed by atoms with Crippen LogP contribution in [0.4, 0.5) is 0 Å². The Morgan fingerprint density at radius 3 is 1.00 bits per heavy atom. The van der Waals surface area contributed by atoms with E-state index in [0.717, 1.165) is 0 Å². The summed E-state index contributed by atoms with van der Waals surface area (Å²) in [6, 6.07) is 0. The topological polar surface area (TPSA) is 84.8 Å². The van der Waals surface area contributed by atoms with Crippen LogP contribution in [0.1, 0.15) is 0 Å². The van der Waals surface area contributed by atoms with Crippen molar-refractivity contribution in [2.24, 2.45) is 0 Å². The van der Waals surface area contributed by atoms with E-state index in [-0.39, 0.29) is 0 Å². The van der Waals surface area contributed by atoms with Gasteiger partial charge in [0.05, 0.1) is 0 Å². The lowest BCUT2D eigenvalue weighted by atomic mass is 11.9. The second kappa shape index (κ2) is 5.74. The van der Waals surface area contributed by atoms with E-state index in [1.807, 2.05) is 52.4 Å². The van der Waals surface area contributed by atoms with Crippen molar-refractivity contribution in [1.29, 1.82) is 0 Å². The molecular formula is C9H28O8Si6. The molecule has 2 saturated heterocycles. The van der Waals surface area contributed by atoms with Gasteiger partial charge in [0, 0.05) is 6.55 Å². The Morgan fingerprint density at radius 1 is 0.435 bits per heavy atom. The molecule has 2 aliphatic heterocycles. The molecule has 0 aromatic heterocycles. The molecule has 2 fully saturated rings. The number of hydrogen-bond acceptors (Lipinski definition) is 8. The predicted molar refractivity (Wildman–Crippen MR) is 97.1 cm³/mol.